The van der Waals surface area contributed by atoms with E-state index in [1.165, 1.54) is 11.3 Å². The van der Waals surface area contributed by atoms with Crippen LogP contribution in [0.2, 0.25) is 5.02 Å². The zero-order chi connectivity index (χ0) is 17.7. The van der Waals surface area contributed by atoms with E-state index in [0.29, 0.717) is 21.2 Å². The summed E-state index contributed by atoms with van der Waals surface area (Å²) >= 11 is 7.23. The number of carbonyl (C=O) groups excluding carboxylic acids is 1. The van der Waals surface area contributed by atoms with Crippen molar-refractivity contribution >= 4 is 34.8 Å². The van der Waals surface area contributed by atoms with Crippen molar-refractivity contribution in [3.05, 3.63) is 50.4 Å². The summed E-state index contributed by atoms with van der Waals surface area (Å²) in [5.41, 5.74) is 1.37. The Bertz CT molecular complexity index is 728. The molecule has 2 N–H and O–H groups in total. The van der Waals surface area contributed by atoms with Crippen LogP contribution in [-0.4, -0.2) is 22.0 Å². The van der Waals surface area contributed by atoms with Gasteiger partial charge in [-0.2, -0.15) is 0 Å². The van der Waals surface area contributed by atoms with Gasteiger partial charge in [0.05, 0.1) is 23.2 Å². The maximum Gasteiger partial charge on any atom is 0.305 e. The molecular formula is C17H19ClN2O3S. The molecule has 0 unspecified atom stereocenters. The van der Waals surface area contributed by atoms with Crippen molar-refractivity contribution in [2.24, 2.45) is 0 Å². The van der Waals surface area contributed by atoms with E-state index in [1.54, 1.807) is 31.2 Å². The Morgan fingerprint density at radius 1 is 1.33 bits per heavy atom. The number of nitrogens with zero attached hydrogens (tertiary/aromatic N) is 1. The molecule has 2 rings (SSSR count). The topological polar surface area (TPSA) is 79.3 Å². The molecule has 5 nitrogen and oxygen atoms in total. The predicted octanol–water partition coefficient (Wildman–Crippen LogP) is 4.00. The summed E-state index contributed by atoms with van der Waals surface area (Å²) in [6.45, 7) is 3.85. The molecule has 0 aliphatic rings. The van der Waals surface area contributed by atoms with Gasteiger partial charge >= 0.3 is 5.97 Å². The van der Waals surface area contributed by atoms with Crippen LogP contribution in [0.15, 0.2) is 24.3 Å². The molecular weight excluding hydrogens is 348 g/mol. The van der Waals surface area contributed by atoms with Crippen molar-refractivity contribution in [3.8, 4) is 0 Å². The fourth-order valence-electron chi connectivity index (χ4n) is 2.33. The fraction of sp³-hybridized carbons (Fsp3) is 0.353. The Kier molecular flexibility index (Phi) is 6.34. The van der Waals surface area contributed by atoms with Crippen LogP contribution in [0.5, 0.6) is 0 Å². The molecule has 128 valence electrons. The molecule has 0 saturated carbocycles. The van der Waals surface area contributed by atoms with Gasteiger partial charge in [0.2, 0.25) is 0 Å². The SMILES string of the molecule is CCCc1nc(C)c(C(=O)N[C@@H](CC(=O)O)c2ccc(Cl)cc2)s1. The molecule has 1 heterocycles. The molecule has 24 heavy (non-hydrogen) atoms. The van der Waals surface area contributed by atoms with Gasteiger partial charge in [0, 0.05) is 5.02 Å². The molecule has 1 atom stereocenters. The lowest BCUT2D eigenvalue weighted by atomic mass is 10.0. The average molecular weight is 367 g/mol. The van der Waals surface area contributed by atoms with Gasteiger partial charge in [-0.1, -0.05) is 30.7 Å². The van der Waals surface area contributed by atoms with E-state index in [9.17, 15) is 9.59 Å². The number of carboxylic acid groups (broad SMARTS) is 1. The predicted molar refractivity (Wildman–Crippen MR) is 94.8 cm³/mol. The van der Waals surface area contributed by atoms with E-state index in [0.717, 1.165) is 17.8 Å². The highest BCUT2D eigenvalue weighted by atomic mass is 35.5. The molecule has 0 saturated heterocycles. The van der Waals surface area contributed by atoms with E-state index in [2.05, 4.69) is 17.2 Å². The normalized spacial score (nSPS) is 12.0. The average Bonchev–Trinajstić information content (AvgIpc) is 2.88. The van der Waals surface area contributed by atoms with Crippen LogP contribution >= 0.6 is 22.9 Å². The van der Waals surface area contributed by atoms with Crippen molar-refractivity contribution in [3.63, 3.8) is 0 Å². The summed E-state index contributed by atoms with van der Waals surface area (Å²) in [7, 11) is 0. The molecule has 1 amide bonds. The van der Waals surface area contributed by atoms with Crippen molar-refractivity contribution in [1.29, 1.82) is 0 Å². The van der Waals surface area contributed by atoms with Gasteiger partial charge in [0.15, 0.2) is 0 Å². The summed E-state index contributed by atoms with van der Waals surface area (Å²) in [6.07, 6.45) is 1.59. The number of amides is 1. The minimum atomic E-state index is -0.983. The van der Waals surface area contributed by atoms with Crippen molar-refractivity contribution in [2.45, 2.75) is 39.2 Å². The first-order chi connectivity index (χ1) is 11.4. The van der Waals surface area contributed by atoms with Crippen LogP contribution < -0.4 is 5.32 Å². The number of aromatic nitrogens is 1. The van der Waals surface area contributed by atoms with E-state index < -0.39 is 12.0 Å². The highest BCUT2D eigenvalue weighted by Crippen LogP contribution is 2.23. The van der Waals surface area contributed by atoms with E-state index in [4.69, 9.17) is 16.7 Å². The summed E-state index contributed by atoms with van der Waals surface area (Å²) in [6, 6.07) is 6.17. The van der Waals surface area contributed by atoms with Gasteiger partial charge < -0.3 is 10.4 Å². The van der Waals surface area contributed by atoms with Gasteiger partial charge in [-0.25, -0.2) is 4.98 Å². The first-order valence-corrected chi connectivity index (χ1v) is 8.84. The maximum atomic E-state index is 12.6. The number of halogens is 1. The largest absolute Gasteiger partial charge is 0.481 e. The highest BCUT2D eigenvalue weighted by Gasteiger charge is 2.22. The Hall–Kier alpha value is -1.92. The Balaban J connectivity index is 2.20. The first kappa shape index (κ1) is 18.4. The number of benzene rings is 1. The number of carbonyl (C=O) groups is 2. The quantitative estimate of drug-likeness (QED) is 0.776. The highest BCUT2D eigenvalue weighted by molar-refractivity contribution is 7.13. The summed E-state index contributed by atoms with van der Waals surface area (Å²) in [4.78, 5) is 28.6. The molecule has 0 spiro atoms. The zero-order valence-electron chi connectivity index (χ0n) is 13.5. The lowest BCUT2D eigenvalue weighted by Crippen LogP contribution is -2.30. The number of rotatable bonds is 7. The van der Waals surface area contributed by atoms with E-state index in [-0.39, 0.29) is 12.3 Å². The molecule has 0 fully saturated rings. The summed E-state index contributed by atoms with van der Waals surface area (Å²) in [5, 5.41) is 13.4. The Morgan fingerprint density at radius 3 is 2.58 bits per heavy atom. The first-order valence-electron chi connectivity index (χ1n) is 7.65. The van der Waals surface area contributed by atoms with Crippen LogP contribution in [-0.2, 0) is 11.2 Å². The molecule has 1 aromatic heterocycles. The number of hydrogen-bond acceptors (Lipinski definition) is 4. The number of thiazole rings is 1. The van der Waals surface area contributed by atoms with Crippen molar-refractivity contribution < 1.29 is 14.7 Å². The Labute approximate surface area is 149 Å². The third-order valence-electron chi connectivity index (χ3n) is 3.47. The van der Waals surface area contributed by atoms with Crippen LogP contribution in [0.25, 0.3) is 0 Å². The minimum Gasteiger partial charge on any atom is -0.481 e. The van der Waals surface area contributed by atoms with Gasteiger partial charge in [-0.15, -0.1) is 11.3 Å². The summed E-state index contributed by atoms with van der Waals surface area (Å²) < 4.78 is 0. The van der Waals surface area contributed by atoms with Gasteiger partial charge in [0.1, 0.15) is 4.88 Å². The standard InChI is InChI=1S/C17H19ClN2O3S/c1-3-4-14-19-10(2)16(24-14)17(23)20-13(9-15(21)22)11-5-7-12(18)8-6-11/h5-8,13H,3-4,9H2,1-2H3,(H,20,23)(H,21,22)/t13-/m0/s1. The van der Waals surface area contributed by atoms with Gasteiger partial charge in [0.25, 0.3) is 5.91 Å². The molecule has 0 radical (unpaired) electrons. The van der Waals surface area contributed by atoms with Crippen LogP contribution in [0.3, 0.4) is 0 Å². The molecule has 2 aromatic rings. The fourth-order valence-corrected chi connectivity index (χ4v) is 3.52. The molecule has 0 aliphatic heterocycles. The number of aryl methyl sites for hydroxylation is 2. The third-order valence-corrected chi connectivity index (χ3v) is 4.94. The second-order valence-corrected chi connectivity index (χ2v) is 6.97. The zero-order valence-corrected chi connectivity index (χ0v) is 15.1. The van der Waals surface area contributed by atoms with Gasteiger partial charge in [-0.05, 0) is 37.5 Å². The molecule has 7 heteroatoms. The number of hydrogen-bond donors (Lipinski definition) is 2. The smallest absolute Gasteiger partial charge is 0.305 e. The second kappa shape index (κ2) is 8.26. The Morgan fingerprint density at radius 2 is 2.00 bits per heavy atom. The van der Waals surface area contributed by atoms with Gasteiger partial charge in [-0.3, -0.25) is 9.59 Å². The van der Waals surface area contributed by atoms with Crippen molar-refractivity contribution in [1.82, 2.24) is 10.3 Å². The third kappa shape index (κ3) is 4.79. The molecule has 1 aromatic carbocycles. The van der Waals surface area contributed by atoms with Crippen LogP contribution in [0.4, 0.5) is 0 Å². The number of carboxylic acids is 1. The molecule has 0 bridgehead atoms. The number of aliphatic carboxylic acids is 1. The monoisotopic (exact) mass is 366 g/mol. The van der Waals surface area contributed by atoms with Crippen molar-refractivity contribution in [2.75, 3.05) is 0 Å². The lowest BCUT2D eigenvalue weighted by molar-refractivity contribution is -0.137. The van der Waals surface area contributed by atoms with E-state index in [1.807, 2.05) is 0 Å². The molecule has 0 aliphatic carbocycles. The van der Waals surface area contributed by atoms with E-state index >= 15 is 0 Å². The number of nitrogens with one attached hydrogen (secondary N) is 1. The van der Waals surface area contributed by atoms with Crippen LogP contribution in [0, 0.1) is 6.92 Å². The maximum absolute atomic E-state index is 12.6. The minimum absolute atomic E-state index is 0.201. The lowest BCUT2D eigenvalue weighted by Gasteiger charge is -2.17. The van der Waals surface area contributed by atoms with Crippen LogP contribution in [0.1, 0.15) is 51.7 Å². The second-order valence-electron chi connectivity index (χ2n) is 5.45. The summed E-state index contributed by atoms with van der Waals surface area (Å²) in [5.74, 6) is -1.28.